The number of carbonyl (C=O) groups is 1. The summed E-state index contributed by atoms with van der Waals surface area (Å²) in [6.45, 7) is 3.13. The van der Waals surface area contributed by atoms with E-state index in [-0.39, 0.29) is 17.3 Å². The number of non-ortho nitro benzene ring substituents is 1. The molecule has 1 amide bonds. The first-order valence-corrected chi connectivity index (χ1v) is 8.52. The van der Waals surface area contributed by atoms with Crippen LogP contribution in [0.25, 0.3) is 0 Å². The summed E-state index contributed by atoms with van der Waals surface area (Å²) in [5.74, 6) is 0.0334. The van der Waals surface area contributed by atoms with Crippen molar-refractivity contribution >= 4 is 17.3 Å². The minimum absolute atomic E-state index is 0.109. The third-order valence-corrected chi connectivity index (χ3v) is 4.46. The molecule has 7 nitrogen and oxygen atoms in total. The zero-order valence-electron chi connectivity index (χ0n) is 14.6. The number of anilines is 1. The van der Waals surface area contributed by atoms with Crippen molar-refractivity contribution in [1.82, 2.24) is 4.90 Å². The van der Waals surface area contributed by atoms with E-state index in [0.29, 0.717) is 11.3 Å². The van der Waals surface area contributed by atoms with Crippen LogP contribution in [-0.4, -0.2) is 35.9 Å². The molecule has 2 aromatic rings. The lowest BCUT2D eigenvalue weighted by Crippen LogP contribution is -2.18. The largest absolute Gasteiger partial charge is 0.495 e. The molecule has 3 rings (SSSR count). The lowest BCUT2D eigenvalue weighted by molar-refractivity contribution is -0.384. The number of nitrogens with one attached hydrogen (secondary N) is 1. The molecule has 1 aliphatic rings. The summed E-state index contributed by atoms with van der Waals surface area (Å²) in [6.07, 6.45) is 2.48. The van der Waals surface area contributed by atoms with Gasteiger partial charge in [-0.15, -0.1) is 0 Å². The highest BCUT2D eigenvalue weighted by Gasteiger charge is 2.15. The molecule has 7 heteroatoms. The highest BCUT2D eigenvalue weighted by atomic mass is 16.6. The lowest BCUT2D eigenvalue weighted by Gasteiger charge is -2.14. The highest BCUT2D eigenvalue weighted by Crippen LogP contribution is 2.29. The minimum Gasteiger partial charge on any atom is -0.495 e. The predicted octanol–water partition coefficient (Wildman–Crippen LogP) is 3.45. The van der Waals surface area contributed by atoms with Crippen molar-refractivity contribution in [2.24, 2.45) is 0 Å². The van der Waals surface area contributed by atoms with Crippen LogP contribution in [0.2, 0.25) is 0 Å². The summed E-state index contributed by atoms with van der Waals surface area (Å²) in [5.41, 5.74) is 1.81. The van der Waals surface area contributed by atoms with Crippen molar-refractivity contribution in [1.29, 1.82) is 0 Å². The summed E-state index contributed by atoms with van der Waals surface area (Å²) in [6, 6.07) is 11.5. The Kier molecular flexibility index (Phi) is 5.48. The van der Waals surface area contributed by atoms with Crippen molar-refractivity contribution in [3.63, 3.8) is 0 Å². The fraction of sp³-hybridized carbons (Fsp3) is 0.316. The third-order valence-electron chi connectivity index (χ3n) is 4.46. The Morgan fingerprint density at radius 1 is 1.19 bits per heavy atom. The van der Waals surface area contributed by atoms with Crippen molar-refractivity contribution in [3.05, 3.63) is 63.7 Å². The van der Waals surface area contributed by atoms with E-state index in [2.05, 4.69) is 10.2 Å². The number of carbonyl (C=O) groups excluding carboxylic acids is 1. The SMILES string of the molecule is COc1ccc([N+](=O)[O-])cc1NC(=O)c1ccc(CN2CCCC2)cc1. The smallest absolute Gasteiger partial charge is 0.271 e. The van der Waals surface area contributed by atoms with Gasteiger partial charge in [0, 0.05) is 24.2 Å². The normalized spacial score (nSPS) is 14.2. The van der Waals surface area contributed by atoms with Crippen molar-refractivity contribution in [2.75, 3.05) is 25.5 Å². The molecule has 1 saturated heterocycles. The summed E-state index contributed by atoms with van der Waals surface area (Å²) >= 11 is 0. The maximum Gasteiger partial charge on any atom is 0.271 e. The molecular formula is C19H21N3O4. The molecule has 0 radical (unpaired) electrons. The summed E-state index contributed by atoms with van der Waals surface area (Å²) in [4.78, 5) is 25.3. The first-order valence-electron chi connectivity index (χ1n) is 8.52. The molecule has 0 unspecified atom stereocenters. The average molecular weight is 355 g/mol. The topological polar surface area (TPSA) is 84.7 Å². The molecule has 1 heterocycles. The second-order valence-electron chi connectivity index (χ2n) is 6.28. The molecular weight excluding hydrogens is 334 g/mol. The van der Waals surface area contributed by atoms with E-state index in [4.69, 9.17) is 4.74 Å². The number of nitro groups is 1. The standard InChI is InChI=1S/C19H21N3O4/c1-26-18-9-8-16(22(24)25)12-17(18)20-19(23)15-6-4-14(5-7-15)13-21-10-2-3-11-21/h4-9,12H,2-3,10-11,13H2,1H3,(H,20,23). The summed E-state index contributed by atoms with van der Waals surface area (Å²) in [5, 5.41) is 13.6. The number of benzene rings is 2. The van der Waals surface area contributed by atoms with E-state index in [0.717, 1.165) is 25.2 Å². The van der Waals surface area contributed by atoms with Crippen LogP contribution in [-0.2, 0) is 6.54 Å². The summed E-state index contributed by atoms with van der Waals surface area (Å²) < 4.78 is 5.17. The zero-order valence-corrected chi connectivity index (χ0v) is 14.6. The number of ether oxygens (including phenoxy) is 1. The lowest BCUT2D eigenvalue weighted by atomic mass is 10.1. The number of likely N-dealkylation sites (tertiary alicyclic amines) is 1. The molecule has 1 N–H and O–H groups in total. The number of nitro benzene ring substituents is 1. The van der Waals surface area contributed by atoms with Gasteiger partial charge in [0.1, 0.15) is 5.75 Å². The third kappa shape index (κ3) is 4.18. The molecule has 136 valence electrons. The van der Waals surface area contributed by atoms with Crippen LogP contribution in [0.5, 0.6) is 5.75 Å². The molecule has 1 aliphatic heterocycles. The molecule has 0 atom stereocenters. The number of rotatable bonds is 6. The number of hydrogen-bond acceptors (Lipinski definition) is 5. The van der Waals surface area contributed by atoms with Gasteiger partial charge in [0.05, 0.1) is 17.7 Å². The monoisotopic (exact) mass is 355 g/mol. The first kappa shape index (κ1) is 17.9. The Balaban J connectivity index is 1.71. The van der Waals surface area contributed by atoms with Gasteiger partial charge in [0.25, 0.3) is 11.6 Å². The van der Waals surface area contributed by atoms with E-state index in [1.54, 1.807) is 12.1 Å². The van der Waals surface area contributed by atoms with Gasteiger partial charge in [0.15, 0.2) is 0 Å². The Bertz CT molecular complexity index is 799. The second-order valence-corrected chi connectivity index (χ2v) is 6.28. The quantitative estimate of drug-likeness (QED) is 0.634. The highest BCUT2D eigenvalue weighted by molar-refractivity contribution is 6.05. The Morgan fingerprint density at radius 2 is 1.88 bits per heavy atom. The zero-order chi connectivity index (χ0) is 18.5. The van der Waals surface area contributed by atoms with Crippen molar-refractivity contribution in [3.8, 4) is 5.75 Å². The van der Waals surface area contributed by atoms with Crippen LogP contribution < -0.4 is 10.1 Å². The molecule has 0 aliphatic carbocycles. The second kappa shape index (κ2) is 7.97. The fourth-order valence-electron chi connectivity index (χ4n) is 3.06. The Labute approximate surface area is 151 Å². The van der Waals surface area contributed by atoms with Gasteiger partial charge in [-0.2, -0.15) is 0 Å². The number of nitrogens with zero attached hydrogens (tertiary/aromatic N) is 2. The average Bonchev–Trinajstić information content (AvgIpc) is 3.15. The van der Waals surface area contributed by atoms with E-state index in [9.17, 15) is 14.9 Å². The fourth-order valence-corrected chi connectivity index (χ4v) is 3.06. The van der Waals surface area contributed by atoms with Gasteiger partial charge in [-0.05, 0) is 49.7 Å². The first-order chi connectivity index (χ1) is 12.6. The Morgan fingerprint density at radius 3 is 2.50 bits per heavy atom. The van der Waals surface area contributed by atoms with Gasteiger partial charge in [0.2, 0.25) is 0 Å². The van der Waals surface area contributed by atoms with Crippen LogP contribution >= 0.6 is 0 Å². The van der Waals surface area contributed by atoms with Crippen LogP contribution in [0.15, 0.2) is 42.5 Å². The minimum atomic E-state index is -0.512. The van der Waals surface area contributed by atoms with Gasteiger partial charge >= 0.3 is 0 Å². The molecule has 0 saturated carbocycles. The molecule has 0 spiro atoms. The van der Waals surface area contributed by atoms with Crippen molar-refractivity contribution < 1.29 is 14.5 Å². The maximum atomic E-state index is 12.5. The van der Waals surface area contributed by atoms with E-state index in [1.807, 2.05) is 12.1 Å². The van der Waals surface area contributed by atoms with Crippen LogP contribution in [0, 0.1) is 10.1 Å². The molecule has 0 aromatic heterocycles. The van der Waals surface area contributed by atoms with Crippen LogP contribution in [0.4, 0.5) is 11.4 Å². The van der Waals surface area contributed by atoms with Crippen LogP contribution in [0.1, 0.15) is 28.8 Å². The van der Waals surface area contributed by atoms with Gasteiger partial charge in [-0.25, -0.2) is 0 Å². The van der Waals surface area contributed by atoms with Gasteiger partial charge < -0.3 is 10.1 Å². The van der Waals surface area contributed by atoms with Crippen LogP contribution in [0.3, 0.4) is 0 Å². The van der Waals surface area contributed by atoms with E-state index < -0.39 is 4.92 Å². The number of hydrogen-bond donors (Lipinski definition) is 1. The van der Waals surface area contributed by atoms with E-state index >= 15 is 0 Å². The summed E-state index contributed by atoms with van der Waals surface area (Å²) in [7, 11) is 1.45. The predicted molar refractivity (Wildman–Crippen MR) is 98.6 cm³/mol. The molecule has 2 aromatic carbocycles. The van der Waals surface area contributed by atoms with E-state index in [1.165, 1.54) is 38.2 Å². The maximum absolute atomic E-state index is 12.5. The Hall–Kier alpha value is -2.93. The number of methoxy groups -OCH3 is 1. The molecule has 26 heavy (non-hydrogen) atoms. The van der Waals surface area contributed by atoms with Gasteiger partial charge in [-0.1, -0.05) is 12.1 Å². The van der Waals surface area contributed by atoms with Gasteiger partial charge in [-0.3, -0.25) is 19.8 Å². The molecule has 0 bridgehead atoms. The molecule has 1 fully saturated rings. The number of amides is 1. The van der Waals surface area contributed by atoms with Crippen molar-refractivity contribution in [2.45, 2.75) is 19.4 Å².